The second-order valence-corrected chi connectivity index (χ2v) is 8.76. The predicted molar refractivity (Wildman–Crippen MR) is 113 cm³/mol. The summed E-state index contributed by atoms with van der Waals surface area (Å²) in [6.45, 7) is 0.811. The Morgan fingerprint density at radius 3 is 2.32 bits per heavy atom. The molecule has 2 heterocycles. The van der Waals surface area contributed by atoms with E-state index in [-0.39, 0.29) is 24.5 Å². The number of hydrogen-bond donors (Lipinski definition) is 3. The Bertz CT molecular complexity index is 1080. The lowest BCUT2D eigenvalue weighted by molar-refractivity contribution is -0.353. The summed E-state index contributed by atoms with van der Waals surface area (Å²) in [7, 11) is 0. The highest BCUT2D eigenvalue weighted by Crippen LogP contribution is 2.34. The Kier molecular flexibility index (Phi) is 7.01. The zero-order valence-electron chi connectivity index (χ0n) is 17.8. The summed E-state index contributed by atoms with van der Waals surface area (Å²) in [5.74, 6) is -2.25. The summed E-state index contributed by atoms with van der Waals surface area (Å²) in [5.41, 5.74) is 7.88. The number of ether oxygens (including phenoxy) is 1. The third kappa shape index (κ3) is 5.99. The molecular weight excluding hydrogens is 481 g/mol. The first kappa shape index (κ1) is 24.3. The van der Waals surface area contributed by atoms with Gasteiger partial charge in [-0.25, -0.2) is 5.01 Å². The molecule has 1 saturated carbocycles. The van der Waals surface area contributed by atoms with Crippen LogP contribution in [0.3, 0.4) is 0 Å². The standard InChI is InChI=1S/C21H22ClF3N4O5/c22-14-1-2-16-12(7-14)10-17(33-16)20(32)28-29-5-3-11(4-6-29)18(30)26-27-19(31)13-8-15(9-13)34-21(23,24)25/h1-2,7,10-11,13,15H,3-6,8-9H2,(H,26,30)(H,27,31)(H,28,32). The van der Waals surface area contributed by atoms with Crippen molar-refractivity contribution in [3.8, 4) is 0 Å². The SMILES string of the molecule is O=C(NN1CCC(C(=O)NNC(=O)C2CC(OC(F)(F)F)C2)CC1)c1cc2cc(Cl)ccc2o1. The fourth-order valence-corrected chi connectivity index (χ4v) is 4.15. The molecule has 0 spiro atoms. The fourth-order valence-electron chi connectivity index (χ4n) is 3.97. The van der Waals surface area contributed by atoms with Crippen LogP contribution in [0.4, 0.5) is 13.2 Å². The first-order chi connectivity index (χ1) is 16.1. The molecule has 0 radical (unpaired) electrons. The van der Waals surface area contributed by atoms with Crippen molar-refractivity contribution in [3.05, 3.63) is 35.0 Å². The minimum absolute atomic E-state index is 0.0580. The topological polar surface area (TPSA) is 113 Å². The molecule has 0 bridgehead atoms. The highest BCUT2D eigenvalue weighted by molar-refractivity contribution is 6.31. The van der Waals surface area contributed by atoms with Crippen LogP contribution >= 0.6 is 11.6 Å². The molecule has 9 nitrogen and oxygen atoms in total. The van der Waals surface area contributed by atoms with Gasteiger partial charge in [0.15, 0.2) is 5.76 Å². The van der Waals surface area contributed by atoms with E-state index in [0.29, 0.717) is 41.9 Å². The van der Waals surface area contributed by atoms with Crippen molar-refractivity contribution >= 4 is 40.3 Å². The minimum atomic E-state index is -4.73. The number of nitrogens with one attached hydrogen (secondary N) is 3. The number of rotatable bonds is 5. The lowest BCUT2D eigenvalue weighted by Gasteiger charge is -2.34. The zero-order valence-corrected chi connectivity index (χ0v) is 18.5. The molecule has 4 rings (SSSR count). The van der Waals surface area contributed by atoms with E-state index in [1.807, 2.05) is 0 Å². The largest absolute Gasteiger partial charge is 0.522 e. The molecule has 1 saturated heterocycles. The molecule has 34 heavy (non-hydrogen) atoms. The third-order valence-electron chi connectivity index (χ3n) is 5.90. The number of halogens is 4. The second-order valence-electron chi connectivity index (χ2n) is 8.33. The van der Waals surface area contributed by atoms with Crippen molar-refractivity contribution in [2.24, 2.45) is 11.8 Å². The number of fused-ring (bicyclic) bond motifs is 1. The van der Waals surface area contributed by atoms with Crippen molar-refractivity contribution in [1.82, 2.24) is 21.3 Å². The van der Waals surface area contributed by atoms with Crippen LogP contribution in [0.25, 0.3) is 11.0 Å². The second kappa shape index (κ2) is 9.80. The van der Waals surface area contributed by atoms with E-state index < -0.39 is 36.1 Å². The molecule has 1 aliphatic heterocycles. The van der Waals surface area contributed by atoms with E-state index in [0.717, 1.165) is 0 Å². The average molecular weight is 503 g/mol. The number of hydrazine groups is 2. The molecular formula is C21H22ClF3N4O5. The molecule has 1 aliphatic carbocycles. The van der Waals surface area contributed by atoms with Gasteiger partial charge < -0.3 is 4.42 Å². The van der Waals surface area contributed by atoms with Crippen LogP contribution in [-0.4, -0.2) is 48.3 Å². The van der Waals surface area contributed by atoms with Crippen LogP contribution in [0.15, 0.2) is 28.7 Å². The summed E-state index contributed by atoms with van der Waals surface area (Å²) in [6, 6.07) is 6.63. The summed E-state index contributed by atoms with van der Waals surface area (Å²) in [6.07, 6.45) is -5.02. The van der Waals surface area contributed by atoms with Crippen LogP contribution in [0.1, 0.15) is 36.2 Å². The summed E-state index contributed by atoms with van der Waals surface area (Å²) in [5, 5.41) is 2.92. The molecule has 3 amide bonds. The van der Waals surface area contributed by atoms with Gasteiger partial charge in [-0.15, -0.1) is 13.2 Å². The minimum Gasteiger partial charge on any atom is -0.451 e. The monoisotopic (exact) mass is 502 g/mol. The van der Waals surface area contributed by atoms with Crippen LogP contribution < -0.4 is 16.3 Å². The van der Waals surface area contributed by atoms with Crippen molar-refractivity contribution in [1.29, 1.82) is 0 Å². The van der Waals surface area contributed by atoms with E-state index >= 15 is 0 Å². The lowest BCUT2D eigenvalue weighted by atomic mass is 9.82. The Hall–Kier alpha value is -2.83. The molecule has 184 valence electrons. The van der Waals surface area contributed by atoms with E-state index in [4.69, 9.17) is 16.0 Å². The van der Waals surface area contributed by atoms with E-state index in [2.05, 4.69) is 21.0 Å². The number of nitrogens with zero attached hydrogens (tertiary/aromatic N) is 1. The van der Waals surface area contributed by atoms with Gasteiger partial charge >= 0.3 is 12.3 Å². The van der Waals surface area contributed by atoms with Crippen molar-refractivity contribution < 1.29 is 36.7 Å². The number of alkyl halides is 3. The van der Waals surface area contributed by atoms with Crippen LogP contribution in [0.2, 0.25) is 5.02 Å². The smallest absolute Gasteiger partial charge is 0.451 e. The molecule has 2 aliphatic rings. The maximum Gasteiger partial charge on any atom is 0.522 e. The van der Waals surface area contributed by atoms with Gasteiger partial charge in [-0.3, -0.25) is 35.4 Å². The van der Waals surface area contributed by atoms with Crippen LogP contribution in [-0.2, 0) is 14.3 Å². The molecule has 1 aromatic heterocycles. The van der Waals surface area contributed by atoms with Gasteiger partial charge in [0, 0.05) is 35.3 Å². The number of amides is 3. The van der Waals surface area contributed by atoms with Gasteiger partial charge in [-0.05, 0) is 49.9 Å². The summed E-state index contributed by atoms with van der Waals surface area (Å²) >= 11 is 5.95. The maximum absolute atomic E-state index is 12.5. The zero-order chi connectivity index (χ0) is 24.5. The molecule has 2 aromatic rings. The molecule has 0 atom stereocenters. The van der Waals surface area contributed by atoms with Crippen LogP contribution in [0.5, 0.6) is 0 Å². The Morgan fingerprint density at radius 1 is 1.03 bits per heavy atom. The highest BCUT2D eigenvalue weighted by atomic mass is 35.5. The quantitative estimate of drug-likeness (QED) is 0.542. The molecule has 3 N–H and O–H groups in total. The first-order valence-corrected chi connectivity index (χ1v) is 11.0. The Labute approximate surface area is 196 Å². The van der Waals surface area contributed by atoms with Crippen molar-refractivity contribution in [3.63, 3.8) is 0 Å². The Balaban J connectivity index is 1.17. The lowest BCUT2D eigenvalue weighted by Crippen LogP contribution is -2.53. The third-order valence-corrected chi connectivity index (χ3v) is 6.14. The Morgan fingerprint density at radius 2 is 1.68 bits per heavy atom. The van der Waals surface area contributed by atoms with Gasteiger partial charge in [-0.2, -0.15) is 0 Å². The number of benzene rings is 1. The van der Waals surface area contributed by atoms with E-state index in [1.165, 1.54) is 0 Å². The van der Waals surface area contributed by atoms with E-state index in [9.17, 15) is 27.6 Å². The number of piperidine rings is 1. The highest BCUT2D eigenvalue weighted by Gasteiger charge is 2.42. The average Bonchev–Trinajstić information content (AvgIpc) is 3.17. The number of carbonyl (C=O) groups is 3. The number of carbonyl (C=O) groups excluding carboxylic acids is 3. The maximum atomic E-state index is 12.5. The van der Waals surface area contributed by atoms with Crippen molar-refractivity contribution in [2.45, 2.75) is 38.1 Å². The molecule has 2 fully saturated rings. The van der Waals surface area contributed by atoms with Gasteiger partial charge in [0.05, 0.1) is 6.10 Å². The van der Waals surface area contributed by atoms with Gasteiger partial charge in [0.1, 0.15) is 5.58 Å². The van der Waals surface area contributed by atoms with E-state index in [1.54, 1.807) is 29.3 Å². The normalized spacial score (nSPS) is 21.6. The predicted octanol–water partition coefficient (Wildman–Crippen LogP) is 2.91. The summed E-state index contributed by atoms with van der Waals surface area (Å²) in [4.78, 5) is 36.8. The number of hydrogen-bond acceptors (Lipinski definition) is 6. The fraction of sp³-hybridized carbons (Fsp3) is 0.476. The number of furan rings is 1. The van der Waals surface area contributed by atoms with Gasteiger partial charge in [-0.1, -0.05) is 11.6 Å². The van der Waals surface area contributed by atoms with Crippen LogP contribution in [0, 0.1) is 11.8 Å². The van der Waals surface area contributed by atoms with Crippen molar-refractivity contribution in [2.75, 3.05) is 13.1 Å². The van der Waals surface area contributed by atoms with Gasteiger partial charge in [0.25, 0.3) is 0 Å². The molecule has 0 unspecified atom stereocenters. The summed E-state index contributed by atoms with van der Waals surface area (Å²) < 4.78 is 45.8. The van der Waals surface area contributed by atoms with Gasteiger partial charge in [0.2, 0.25) is 11.8 Å². The molecule has 1 aromatic carbocycles. The first-order valence-electron chi connectivity index (χ1n) is 10.7. The molecule has 13 heteroatoms.